The largest absolute Gasteiger partial charge is 0.462 e. The Bertz CT molecular complexity index is 1540. The van der Waals surface area contributed by atoms with E-state index in [1.54, 1.807) is 6.26 Å². The molecule has 0 N–H and O–H groups in total. The number of rotatable bonds is 2. The number of nitrogens with zero attached hydrogens (tertiary/aromatic N) is 2. The number of hydrogen-bond acceptors (Lipinski definition) is 3. The van der Waals surface area contributed by atoms with E-state index >= 15 is 0 Å². The van der Waals surface area contributed by atoms with Gasteiger partial charge < -0.3 is 4.42 Å². The van der Waals surface area contributed by atoms with Gasteiger partial charge in [-0.05, 0) is 47.5 Å². The molecular weight excluding hydrogens is 368 g/mol. The summed E-state index contributed by atoms with van der Waals surface area (Å²) in [4.78, 5) is 9.58. The normalized spacial score (nSPS) is 11.5. The molecule has 0 aliphatic heterocycles. The van der Waals surface area contributed by atoms with E-state index in [4.69, 9.17) is 14.4 Å². The summed E-state index contributed by atoms with van der Waals surface area (Å²) in [5, 5.41) is 4.56. The highest BCUT2D eigenvalue weighted by Crippen LogP contribution is 2.35. The fraction of sp³-hybridized carbons (Fsp3) is 0.0370. The van der Waals surface area contributed by atoms with Crippen LogP contribution in [0, 0.1) is 6.92 Å². The van der Waals surface area contributed by atoms with Crippen LogP contribution in [-0.2, 0) is 0 Å². The molecule has 6 aromatic rings. The molecule has 30 heavy (non-hydrogen) atoms. The number of hydrogen-bond donors (Lipinski definition) is 0. The van der Waals surface area contributed by atoms with E-state index in [2.05, 4.69) is 66.7 Å². The molecule has 0 amide bonds. The fourth-order valence-corrected chi connectivity index (χ4v) is 4.21. The number of aryl methyl sites for hydroxylation is 1. The number of furan rings is 1. The van der Waals surface area contributed by atoms with E-state index in [0.717, 1.165) is 44.4 Å². The second-order valence-corrected chi connectivity index (χ2v) is 7.57. The first-order valence-electron chi connectivity index (χ1n) is 10.00. The van der Waals surface area contributed by atoms with E-state index in [1.807, 2.05) is 25.3 Å². The molecule has 0 spiro atoms. The predicted molar refractivity (Wildman–Crippen MR) is 122 cm³/mol. The molecule has 3 aromatic carbocycles. The van der Waals surface area contributed by atoms with Gasteiger partial charge in [-0.15, -0.1) is 0 Å². The smallest absolute Gasteiger partial charge is 0.160 e. The Kier molecular flexibility index (Phi) is 3.68. The van der Waals surface area contributed by atoms with Crippen LogP contribution in [0.25, 0.3) is 55.0 Å². The van der Waals surface area contributed by atoms with Gasteiger partial charge in [0.1, 0.15) is 5.52 Å². The summed E-state index contributed by atoms with van der Waals surface area (Å²) in [7, 11) is 0. The Labute approximate surface area is 173 Å². The third kappa shape index (κ3) is 2.60. The van der Waals surface area contributed by atoms with Gasteiger partial charge in [-0.3, -0.25) is 4.98 Å². The standard InChI is InChI=1S/C27H18N2O/c1-17-9-11-23-24(15-19-13-14-30-27(19)26(23)29-17)25-12-10-20(16-28-25)22-8-4-6-18-5-2-3-7-21(18)22/h2-16H,1H3. The molecule has 0 unspecified atom stereocenters. The Morgan fingerprint density at radius 2 is 1.63 bits per heavy atom. The summed E-state index contributed by atoms with van der Waals surface area (Å²) in [6.45, 7) is 2.00. The van der Waals surface area contributed by atoms with Crippen molar-refractivity contribution in [1.29, 1.82) is 0 Å². The average molecular weight is 386 g/mol. The first-order valence-corrected chi connectivity index (χ1v) is 10.00. The predicted octanol–water partition coefficient (Wildman–Crippen LogP) is 7.17. The van der Waals surface area contributed by atoms with Gasteiger partial charge in [0.05, 0.1) is 12.0 Å². The van der Waals surface area contributed by atoms with Crippen LogP contribution in [0.15, 0.2) is 95.7 Å². The van der Waals surface area contributed by atoms with Crippen LogP contribution >= 0.6 is 0 Å². The van der Waals surface area contributed by atoms with Crippen molar-refractivity contribution in [1.82, 2.24) is 9.97 Å². The van der Waals surface area contributed by atoms with Crippen molar-refractivity contribution >= 4 is 32.6 Å². The highest BCUT2D eigenvalue weighted by atomic mass is 16.3. The summed E-state index contributed by atoms with van der Waals surface area (Å²) in [6.07, 6.45) is 3.68. The molecule has 0 atom stereocenters. The Hall–Kier alpha value is -3.98. The minimum Gasteiger partial charge on any atom is -0.462 e. The van der Waals surface area contributed by atoms with Gasteiger partial charge in [-0.2, -0.15) is 0 Å². The van der Waals surface area contributed by atoms with Gasteiger partial charge in [-0.25, -0.2) is 4.98 Å². The molecule has 3 heterocycles. The highest BCUT2D eigenvalue weighted by Gasteiger charge is 2.13. The van der Waals surface area contributed by atoms with Crippen LogP contribution < -0.4 is 0 Å². The second-order valence-electron chi connectivity index (χ2n) is 7.57. The van der Waals surface area contributed by atoms with Gasteiger partial charge in [0.2, 0.25) is 0 Å². The topological polar surface area (TPSA) is 38.9 Å². The second kappa shape index (κ2) is 6.53. The van der Waals surface area contributed by atoms with Crippen molar-refractivity contribution in [2.75, 3.05) is 0 Å². The zero-order chi connectivity index (χ0) is 20.1. The van der Waals surface area contributed by atoms with E-state index < -0.39 is 0 Å². The minimum absolute atomic E-state index is 0.824. The molecular formula is C27H18N2O. The molecule has 0 fully saturated rings. The van der Waals surface area contributed by atoms with E-state index in [1.165, 1.54) is 16.3 Å². The summed E-state index contributed by atoms with van der Waals surface area (Å²) >= 11 is 0. The van der Waals surface area contributed by atoms with Crippen molar-refractivity contribution in [3.8, 4) is 22.4 Å². The molecule has 0 aliphatic carbocycles. The summed E-state index contributed by atoms with van der Waals surface area (Å²) in [5.41, 5.74) is 6.97. The maximum absolute atomic E-state index is 5.71. The van der Waals surface area contributed by atoms with Crippen LogP contribution in [0.3, 0.4) is 0 Å². The maximum Gasteiger partial charge on any atom is 0.160 e. The van der Waals surface area contributed by atoms with Gasteiger partial charge in [0, 0.05) is 33.8 Å². The number of fused-ring (bicyclic) bond motifs is 4. The minimum atomic E-state index is 0.824. The lowest BCUT2D eigenvalue weighted by Crippen LogP contribution is -1.90. The van der Waals surface area contributed by atoms with Crippen molar-refractivity contribution in [2.24, 2.45) is 0 Å². The number of pyridine rings is 2. The first-order chi connectivity index (χ1) is 14.8. The zero-order valence-electron chi connectivity index (χ0n) is 16.5. The van der Waals surface area contributed by atoms with Crippen molar-refractivity contribution in [3.63, 3.8) is 0 Å². The van der Waals surface area contributed by atoms with Crippen LogP contribution in [-0.4, -0.2) is 9.97 Å². The molecule has 3 heteroatoms. The summed E-state index contributed by atoms with van der Waals surface area (Å²) in [5.74, 6) is 0. The van der Waals surface area contributed by atoms with Crippen LogP contribution in [0.1, 0.15) is 5.69 Å². The SMILES string of the molecule is Cc1ccc2c(-c3ccc(-c4cccc5ccccc45)cn3)cc3ccoc3c2n1. The molecule has 3 aromatic heterocycles. The lowest BCUT2D eigenvalue weighted by Gasteiger charge is -2.10. The molecule has 0 aliphatic rings. The molecule has 6 rings (SSSR count). The average Bonchev–Trinajstić information content (AvgIpc) is 3.27. The Morgan fingerprint density at radius 1 is 0.733 bits per heavy atom. The Balaban J connectivity index is 1.53. The van der Waals surface area contributed by atoms with Gasteiger partial charge in [-0.1, -0.05) is 54.6 Å². The zero-order valence-corrected chi connectivity index (χ0v) is 16.5. The van der Waals surface area contributed by atoms with E-state index in [9.17, 15) is 0 Å². The Morgan fingerprint density at radius 3 is 2.53 bits per heavy atom. The molecule has 0 radical (unpaired) electrons. The van der Waals surface area contributed by atoms with Crippen molar-refractivity contribution in [2.45, 2.75) is 6.92 Å². The van der Waals surface area contributed by atoms with Crippen LogP contribution in [0.5, 0.6) is 0 Å². The van der Waals surface area contributed by atoms with Crippen LogP contribution in [0.2, 0.25) is 0 Å². The molecule has 0 saturated heterocycles. The summed E-state index contributed by atoms with van der Waals surface area (Å²) < 4.78 is 5.71. The molecule has 142 valence electrons. The third-order valence-electron chi connectivity index (χ3n) is 5.68. The van der Waals surface area contributed by atoms with Crippen LogP contribution in [0.4, 0.5) is 0 Å². The first kappa shape index (κ1) is 16.9. The van der Waals surface area contributed by atoms with E-state index in [0.29, 0.717) is 0 Å². The van der Waals surface area contributed by atoms with Gasteiger partial charge in [0.15, 0.2) is 5.58 Å². The van der Waals surface area contributed by atoms with Crippen molar-refractivity contribution < 1.29 is 4.42 Å². The fourth-order valence-electron chi connectivity index (χ4n) is 4.21. The maximum atomic E-state index is 5.71. The summed E-state index contributed by atoms with van der Waals surface area (Å²) in [6, 6.07) is 27.3. The number of benzene rings is 3. The molecule has 3 nitrogen and oxygen atoms in total. The molecule has 0 bridgehead atoms. The lowest BCUT2D eigenvalue weighted by molar-refractivity contribution is 0.618. The third-order valence-corrected chi connectivity index (χ3v) is 5.68. The lowest BCUT2D eigenvalue weighted by atomic mass is 9.98. The van der Waals surface area contributed by atoms with E-state index in [-0.39, 0.29) is 0 Å². The monoisotopic (exact) mass is 386 g/mol. The molecule has 0 saturated carbocycles. The highest BCUT2D eigenvalue weighted by molar-refractivity contribution is 6.09. The van der Waals surface area contributed by atoms with Gasteiger partial charge >= 0.3 is 0 Å². The number of aromatic nitrogens is 2. The van der Waals surface area contributed by atoms with Crippen molar-refractivity contribution in [3.05, 3.63) is 97.0 Å². The quantitative estimate of drug-likeness (QED) is 0.317. The van der Waals surface area contributed by atoms with Gasteiger partial charge in [0.25, 0.3) is 0 Å².